The number of aryl methyl sites for hydroxylation is 1. The Bertz CT molecular complexity index is 392. The topological polar surface area (TPSA) is 29.3 Å². The molecule has 2 heteroatoms. The standard InChI is InChI=1S/C16H26N2/c1-12(2)11-18(14-6-4-5-7-14)16-10-13(3)8-9-15(16)17/h8-10,12,14H,4-7,11,17H2,1-3H3. The average Bonchev–Trinajstić information content (AvgIpc) is 2.82. The van der Waals surface area contributed by atoms with Crippen LogP contribution in [0, 0.1) is 12.8 Å². The molecule has 2 N–H and O–H groups in total. The molecule has 1 aromatic carbocycles. The minimum absolute atomic E-state index is 0.672. The average molecular weight is 246 g/mol. The number of rotatable bonds is 4. The molecule has 0 atom stereocenters. The van der Waals surface area contributed by atoms with Crippen molar-refractivity contribution in [2.24, 2.45) is 5.92 Å². The zero-order valence-corrected chi connectivity index (χ0v) is 11.9. The van der Waals surface area contributed by atoms with Crippen molar-refractivity contribution in [3.8, 4) is 0 Å². The fourth-order valence-electron chi connectivity index (χ4n) is 2.96. The third-order valence-corrected chi connectivity index (χ3v) is 3.82. The summed E-state index contributed by atoms with van der Waals surface area (Å²) in [7, 11) is 0. The summed E-state index contributed by atoms with van der Waals surface area (Å²) >= 11 is 0. The van der Waals surface area contributed by atoms with E-state index in [1.807, 2.05) is 6.07 Å². The van der Waals surface area contributed by atoms with E-state index in [0.717, 1.165) is 12.2 Å². The van der Waals surface area contributed by atoms with E-state index >= 15 is 0 Å². The predicted octanol–water partition coefficient (Wildman–Crippen LogP) is 3.98. The Morgan fingerprint density at radius 2 is 1.94 bits per heavy atom. The van der Waals surface area contributed by atoms with Gasteiger partial charge < -0.3 is 10.6 Å². The third-order valence-electron chi connectivity index (χ3n) is 3.82. The van der Waals surface area contributed by atoms with E-state index in [1.54, 1.807) is 0 Å². The normalized spacial score (nSPS) is 16.4. The highest BCUT2D eigenvalue weighted by molar-refractivity contribution is 5.69. The van der Waals surface area contributed by atoms with Gasteiger partial charge in [0, 0.05) is 12.6 Å². The first-order valence-electron chi connectivity index (χ1n) is 7.20. The molecule has 0 saturated heterocycles. The van der Waals surface area contributed by atoms with E-state index in [0.29, 0.717) is 12.0 Å². The van der Waals surface area contributed by atoms with Crippen molar-refractivity contribution in [1.29, 1.82) is 0 Å². The van der Waals surface area contributed by atoms with E-state index in [9.17, 15) is 0 Å². The second-order valence-corrected chi connectivity index (χ2v) is 6.05. The third kappa shape index (κ3) is 2.98. The number of hydrogen-bond acceptors (Lipinski definition) is 2. The van der Waals surface area contributed by atoms with Crippen LogP contribution in [-0.4, -0.2) is 12.6 Å². The van der Waals surface area contributed by atoms with Crippen LogP contribution in [0.15, 0.2) is 18.2 Å². The lowest BCUT2D eigenvalue weighted by molar-refractivity contribution is 0.536. The molecule has 2 rings (SSSR count). The first-order valence-corrected chi connectivity index (χ1v) is 7.20. The maximum absolute atomic E-state index is 6.19. The van der Waals surface area contributed by atoms with Crippen LogP contribution in [0.4, 0.5) is 11.4 Å². The lowest BCUT2D eigenvalue weighted by atomic mass is 10.1. The van der Waals surface area contributed by atoms with Crippen LogP contribution in [-0.2, 0) is 0 Å². The Labute approximate surface area is 111 Å². The van der Waals surface area contributed by atoms with Crippen molar-refractivity contribution >= 4 is 11.4 Å². The summed E-state index contributed by atoms with van der Waals surface area (Å²) in [5.41, 5.74) is 9.66. The molecule has 1 aromatic rings. The van der Waals surface area contributed by atoms with Gasteiger partial charge in [0.2, 0.25) is 0 Å². The first-order chi connectivity index (χ1) is 8.58. The molecule has 0 aliphatic heterocycles. The highest BCUT2D eigenvalue weighted by atomic mass is 15.2. The number of hydrogen-bond donors (Lipinski definition) is 1. The molecule has 100 valence electrons. The Kier molecular flexibility index (Phi) is 4.15. The monoisotopic (exact) mass is 246 g/mol. The number of nitrogen functional groups attached to an aromatic ring is 1. The highest BCUT2D eigenvalue weighted by Gasteiger charge is 2.24. The quantitative estimate of drug-likeness (QED) is 0.814. The lowest BCUT2D eigenvalue weighted by Gasteiger charge is -2.34. The zero-order chi connectivity index (χ0) is 13.1. The molecule has 1 aliphatic carbocycles. The predicted molar refractivity (Wildman–Crippen MR) is 80.0 cm³/mol. The van der Waals surface area contributed by atoms with Gasteiger partial charge in [-0.1, -0.05) is 32.8 Å². The van der Waals surface area contributed by atoms with Crippen LogP contribution in [0.2, 0.25) is 0 Å². The molecule has 0 spiro atoms. The van der Waals surface area contributed by atoms with Gasteiger partial charge in [0.25, 0.3) is 0 Å². The van der Waals surface area contributed by atoms with E-state index in [1.165, 1.54) is 36.9 Å². The van der Waals surface area contributed by atoms with Gasteiger partial charge in [-0.05, 0) is 43.4 Å². The largest absolute Gasteiger partial charge is 0.397 e. The molecule has 0 bridgehead atoms. The Morgan fingerprint density at radius 1 is 1.28 bits per heavy atom. The van der Waals surface area contributed by atoms with Crippen molar-refractivity contribution in [1.82, 2.24) is 0 Å². The molecule has 0 unspecified atom stereocenters. The lowest BCUT2D eigenvalue weighted by Crippen LogP contribution is -2.36. The molecule has 1 aliphatic rings. The van der Waals surface area contributed by atoms with E-state index in [-0.39, 0.29) is 0 Å². The first kappa shape index (κ1) is 13.3. The molecular formula is C16H26N2. The molecule has 1 saturated carbocycles. The second kappa shape index (κ2) is 5.64. The van der Waals surface area contributed by atoms with Gasteiger partial charge >= 0.3 is 0 Å². The summed E-state index contributed by atoms with van der Waals surface area (Å²) in [6.07, 6.45) is 5.37. The maximum Gasteiger partial charge on any atom is 0.0605 e. The summed E-state index contributed by atoms with van der Waals surface area (Å²) < 4.78 is 0. The fourth-order valence-corrected chi connectivity index (χ4v) is 2.96. The van der Waals surface area contributed by atoms with Gasteiger partial charge in [0.05, 0.1) is 11.4 Å². The fraction of sp³-hybridized carbons (Fsp3) is 0.625. The van der Waals surface area contributed by atoms with Crippen LogP contribution in [0.25, 0.3) is 0 Å². The van der Waals surface area contributed by atoms with E-state index in [2.05, 4.69) is 37.8 Å². The van der Waals surface area contributed by atoms with Crippen molar-refractivity contribution in [2.75, 3.05) is 17.2 Å². The summed E-state index contributed by atoms with van der Waals surface area (Å²) in [5, 5.41) is 0. The second-order valence-electron chi connectivity index (χ2n) is 6.05. The smallest absolute Gasteiger partial charge is 0.0605 e. The van der Waals surface area contributed by atoms with Gasteiger partial charge in [-0.2, -0.15) is 0 Å². The summed E-state index contributed by atoms with van der Waals surface area (Å²) in [5.74, 6) is 0.672. The maximum atomic E-state index is 6.19. The van der Waals surface area contributed by atoms with Crippen molar-refractivity contribution < 1.29 is 0 Å². The molecule has 0 amide bonds. The van der Waals surface area contributed by atoms with Crippen LogP contribution in [0.5, 0.6) is 0 Å². The van der Waals surface area contributed by atoms with E-state index in [4.69, 9.17) is 5.73 Å². The minimum Gasteiger partial charge on any atom is -0.397 e. The van der Waals surface area contributed by atoms with Gasteiger partial charge in [-0.25, -0.2) is 0 Å². The molecule has 0 heterocycles. The highest BCUT2D eigenvalue weighted by Crippen LogP contribution is 2.33. The molecular weight excluding hydrogens is 220 g/mol. The number of nitrogens with two attached hydrogens (primary N) is 1. The molecule has 0 radical (unpaired) electrons. The summed E-state index contributed by atoms with van der Waals surface area (Å²) in [6.45, 7) is 7.82. The number of nitrogens with zero attached hydrogens (tertiary/aromatic N) is 1. The van der Waals surface area contributed by atoms with Crippen LogP contribution in [0.1, 0.15) is 45.1 Å². The van der Waals surface area contributed by atoms with Crippen molar-refractivity contribution in [2.45, 2.75) is 52.5 Å². The zero-order valence-electron chi connectivity index (χ0n) is 11.9. The van der Waals surface area contributed by atoms with Gasteiger partial charge in [0.15, 0.2) is 0 Å². The Balaban J connectivity index is 2.29. The van der Waals surface area contributed by atoms with Crippen LogP contribution in [0.3, 0.4) is 0 Å². The van der Waals surface area contributed by atoms with Crippen molar-refractivity contribution in [3.63, 3.8) is 0 Å². The van der Waals surface area contributed by atoms with Gasteiger partial charge in [-0.3, -0.25) is 0 Å². The SMILES string of the molecule is Cc1ccc(N)c(N(CC(C)C)C2CCCC2)c1. The number of anilines is 2. The molecule has 2 nitrogen and oxygen atoms in total. The van der Waals surface area contributed by atoms with Gasteiger partial charge in [0.1, 0.15) is 0 Å². The molecule has 1 fully saturated rings. The summed E-state index contributed by atoms with van der Waals surface area (Å²) in [4.78, 5) is 2.56. The van der Waals surface area contributed by atoms with Crippen molar-refractivity contribution in [3.05, 3.63) is 23.8 Å². The Hall–Kier alpha value is -1.18. The molecule has 18 heavy (non-hydrogen) atoms. The van der Waals surface area contributed by atoms with E-state index < -0.39 is 0 Å². The number of benzene rings is 1. The van der Waals surface area contributed by atoms with Crippen LogP contribution >= 0.6 is 0 Å². The van der Waals surface area contributed by atoms with Gasteiger partial charge in [-0.15, -0.1) is 0 Å². The van der Waals surface area contributed by atoms with Crippen LogP contribution < -0.4 is 10.6 Å². The summed E-state index contributed by atoms with van der Waals surface area (Å²) in [6, 6.07) is 7.08. The molecule has 0 aromatic heterocycles. The Morgan fingerprint density at radius 3 is 2.56 bits per heavy atom. The minimum atomic E-state index is 0.672.